The van der Waals surface area contributed by atoms with Crippen LogP contribution in [-0.4, -0.2) is 61.0 Å². The summed E-state index contributed by atoms with van der Waals surface area (Å²) in [5, 5.41) is 14.1. The van der Waals surface area contributed by atoms with Crippen LogP contribution in [-0.2, 0) is 9.59 Å². The van der Waals surface area contributed by atoms with Gasteiger partial charge in [-0.3, -0.25) is 19.7 Å². The molecule has 1 fully saturated rings. The Morgan fingerprint density at radius 2 is 1.73 bits per heavy atom. The number of anilines is 1. The molecule has 0 radical (unpaired) electrons. The van der Waals surface area contributed by atoms with Gasteiger partial charge in [0.05, 0.1) is 11.5 Å². The molecule has 1 N–H and O–H groups in total. The lowest BCUT2D eigenvalue weighted by molar-refractivity contribution is -0.385. The molecule has 1 aliphatic heterocycles. The molecule has 0 aliphatic carbocycles. The first kappa shape index (κ1) is 21.4. The quantitative estimate of drug-likeness (QED) is 0.530. The average molecular weight is 433 g/mol. The van der Waals surface area contributed by atoms with E-state index in [1.807, 2.05) is 24.3 Å². The number of halogens is 1. The van der Waals surface area contributed by atoms with Gasteiger partial charge < -0.3 is 19.9 Å². The van der Waals surface area contributed by atoms with E-state index in [2.05, 4.69) is 10.2 Å². The SMILES string of the molecule is O=C(COc1ccccc1[N+](=O)[O-])NCC(=O)N1CCN(c2ccc(Cl)cc2)CC1. The lowest BCUT2D eigenvalue weighted by atomic mass is 10.2. The van der Waals surface area contributed by atoms with Gasteiger partial charge in [-0.25, -0.2) is 0 Å². The summed E-state index contributed by atoms with van der Waals surface area (Å²) in [5.41, 5.74) is 0.826. The summed E-state index contributed by atoms with van der Waals surface area (Å²) in [6.07, 6.45) is 0. The molecule has 2 aromatic rings. The van der Waals surface area contributed by atoms with Crippen LogP contribution < -0.4 is 15.0 Å². The minimum absolute atomic E-state index is 0.00213. The minimum Gasteiger partial charge on any atom is -0.477 e. The van der Waals surface area contributed by atoms with Crippen LogP contribution in [0.1, 0.15) is 0 Å². The number of ether oxygens (including phenoxy) is 1. The van der Waals surface area contributed by atoms with Crippen molar-refractivity contribution in [3.05, 3.63) is 63.7 Å². The van der Waals surface area contributed by atoms with Crippen LogP contribution in [0.5, 0.6) is 5.75 Å². The molecule has 10 heteroatoms. The number of para-hydroxylation sites is 2. The Hall–Kier alpha value is -3.33. The van der Waals surface area contributed by atoms with Crippen LogP contribution in [0.25, 0.3) is 0 Å². The number of carbonyl (C=O) groups is 2. The van der Waals surface area contributed by atoms with Gasteiger partial charge in [0.2, 0.25) is 5.91 Å². The van der Waals surface area contributed by atoms with E-state index in [0.29, 0.717) is 31.2 Å². The summed E-state index contributed by atoms with van der Waals surface area (Å²) >= 11 is 5.91. The number of nitro benzene ring substituents is 1. The summed E-state index contributed by atoms with van der Waals surface area (Å²) in [6.45, 7) is 1.89. The first-order chi connectivity index (χ1) is 14.4. The van der Waals surface area contributed by atoms with Crippen LogP contribution in [0.15, 0.2) is 48.5 Å². The summed E-state index contributed by atoms with van der Waals surface area (Å²) in [4.78, 5) is 38.5. The van der Waals surface area contributed by atoms with Crippen molar-refractivity contribution in [3.63, 3.8) is 0 Å². The molecule has 0 unspecified atom stereocenters. The van der Waals surface area contributed by atoms with Gasteiger partial charge in [-0.1, -0.05) is 23.7 Å². The second kappa shape index (κ2) is 9.93. The fourth-order valence-corrected chi connectivity index (χ4v) is 3.20. The van der Waals surface area contributed by atoms with Gasteiger partial charge in [-0.15, -0.1) is 0 Å². The molecule has 1 saturated heterocycles. The van der Waals surface area contributed by atoms with Gasteiger partial charge in [0, 0.05) is 43.0 Å². The molecule has 30 heavy (non-hydrogen) atoms. The predicted octanol–water partition coefficient (Wildman–Crippen LogP) is 2.09. The molecule has 158 valence electrons. The highest BCUT2D eigenvalue weighted by Crippen LogP contribution is 2.25. The zero-order valence-corrected chi connectivity index (χ0v) is 16.9. The van der Waals surface area contributed by atoms with Gasteiger partial charge in [-0.05, 0) is 30.3 Å². The van der Waals surface area contributed by atoms with Crippen molar-refractivity contribution in [2.24, 2.45) is 0 Å². The Balaban J connectivity index is 1.41. The molecule has 1 heterocycles. The van der Waals surface area contributed by atoms with Gasteiger partial charge in [0.1, 0.15) is 0 Å². The minimum atomic E-state index is -0.583. The number of hydrogen-bond acceptors (Lipinski definition) is 6. The van der Waals surface area contributed by atoms with Crippen molar-refractivity contribution in [1.29, 1.82) is 0 Å². The fraction of sp³-hybridized carbons (Fsp3) is 0.300. The molecule has 1 aliphatic rings. The van der Waals surface area contributed by atoms with Gasteiger partial charge in [0.25, 0.3) is 5.91 Å². The van der Waals surface area contributed by atoms with E-state index in [4.69, 9.17) is 16.3 Å². The monoisotopic (exact) mass is 432 g/mol. The predicted molar refractivity (Wildman–Crippen MR) is 112 cm³/mol. The van der Waals surface area contributed by atoms with Crippen LogP contribution in [0.4, 0.5) is 11.4 Å². The van der Waals surface area contributed by atoms with Gasteiger partial charge in [-0.2, -0.15) is 0 Å². The number of rotatable bonds is 7. The molecule has 0 aromatic heterocycles. The first-order valence-electron chi connectivity index (χ1n) is 9.35. The van der Waals surface area contributed by atoms with Gasteiger partial charge in [0.15, 0.2) is 12.4 Å². The normalized spacial score (nSPS) is 13.6. The van der Waals surface area contributed by atoms with Crippen molar-refractivity contribution in [3.8, 4) is 5.75 Å². The lowest BCUT2D eigenvalue weighted by Crippen LogP contribution is -2.51. The highest BCUT2D eigenvalue weighted by molar-refractivity contribution is 6.30. The zero-order valence-electron chi connectivity index (χ0n) is 16.1. The maximum absolute atomic E-state index is 12.4. The number of nitrogens with one attached hydrogen (secondary N) is 1. The smallest absolute Gasteiger partial charge is 0.310 e. The Morgan fingerprint density at radius 1 is 1.07 bits per heavy atom. The van der Waals surface area contributed by atoms with Crippen LogP contribution in [0.2, 0.25) is 5.02 Å². The summed E-state index contributed by atoms with van der Waals surface area (Å²) < 4.78 is 5.21. The number of nitrogens with zero attached hydrogens (tertiary/aromatic N) is 3. The molecular formula is C20H21ClN4O5. The van der Waals surface area contributed by atoms with E-state index < -0.39 is 17.4 Å². The third-order valence-electron chi connectivity index (χ3n) is 4.68. The maximum Gasteiger partial charge on any atom is 0.310 e. The second-order valence-corrected chi connectivity index (χ2v) is 7.07. The summed E-state index contributed by atoms with van der Waals surface area (Å²) in [5.74, 6) is -0.714. The van der Waals surface area contributed by atoms with Crippen molar-refractivity contribution < 1.29 is 19.2 Å². The van der Waals surface area contributed by atoms with Crippen molar-refractivity contribution in [2.45, 2.75) is 0 Å². The van der Waals surface area contributed by atoms with E-state index in [1.165, 1.54) is 18.2 Å². The molecular weight excluding hydrogens is 412 g/mol. The standard InChI is InChI=1S/C20H21ClN4O5/c21-15-5-7-16(8-6-15)23-9-11-24(12-10-23)20(27)13-22-19(26)14-30-18-4-2-1-3-17(18)25(28)29/h1-8H,9-14H2,(H,22,26). The van der Waals surface area contributed by atoms with Crippen LogP contribution >= 0.6 is 11.6 Å². The number of amides is 2. The second-order valence-electron chi connectivity index (χ2n) is 6.63. The number of nitro groups is 1. The van der Waals surface area contributed by atoms with E-state index in [-0.39, 0.29) is 23.9 Å². The molecule has 2 amide bonds. The maximum atomic E-state index is 12.4. The largest absolute Gasteiger partial charge is 0.477 e. The zero-order chi connectivity index (χ0) is 21.5. The number of carbonyl (C=O) groups excluding carboxylic acids is 2. The highest BCUT2D eigenvalue weighted by atomic mass is 35.5. The van der Waals surface area contributed by atoms with Crippen LogP contribution in [0, 0.1) is 10.1 Å². The van der Waals surface area contributed by atoms with E-state index >= 15 is 0 Å². The molecule has 0 saturated carbocycles. The Bertz CT molecular complexity index is 914. The molecule has 2 aromatic carbocycles. The first-order valence-corrected chi connectivity index (χ1v) is 9.73. The van der Waals surface area contributed by atoms with Gasteiger partial charge >= 0.3 is 5.69 Å². The fourth-order valence-electron chi connectivity index (χ4n) is 3.08. The highest BCUT2D eigenvalue weighted by Gasteiger charge is 2.22. The molecule has 0 bridgehead atoms. The van der Waals surface area contributed by atoms with Crippen LogP contribution in [0.3, 0.4) is 0 Å². The van der Waals surface area contributed by atoms with Crippen molar-refractivity contribution in [1.82, 2.24) is 10.2 Å². The molecule has 0 atom stereocenters. The lowest BCUT2D eigenvalue weighted by Gasteiger charge is -2.36. The number of benzene rings is 2. The number of piperazine rings is 1. The molecule has 0 spiro atoms. The number of hydrogen-bond donors (Lipinski definition) is 1. The Kier molecular flexibility index (Phi) is 7.08. The van der Waals surface area contributed by atoms with Crippen molar-refractivity contribution in [2.75, 3.05) is 44.2 Å². The average Bonchev–Trinajstić information content (AvgIpc) is 2.76. The summed E-state index contributed by atoms with van der Waals surface area (Å²) in [6, 6.07) is 13.3. The van der Waals surface area contributed by atoms with E-state index in [0.717, 1.165) is 5.69 Å². The molecule has 3 rings (SSSR count). The van der Waals surface area contributed by atoms with Crippen molar-refractivity contribution >= 4 is 34.8 Å². The Morgan fingerprint density at radius 3 is 2.40 bits per heavy atom. The van der Waals surface area contributed by atoms with E-state index in [1.54, 1.807) is 11.0 Å². The van der Waals surface area contributed by atoms with E-state index in [9.17, 15) is 19.7 Å². The molecule has 9 nitrogen and oxygen atoms in total. The summed E-state index contributed by atoms with van der Waals surface area (Å²) in [7, 11) is 0. The third-order valence-corrected chi connectivity index (χ3v) is 4.93. The topological polar surface area (TPSA) is 105 Å². The third kappa shape index (κ3) is 5.60. The Labute approximate surface area is 178 Å².